The Balaban J connectivity index is 1.05. The van der Waals surface area contributed by atoms with Crippen molar-refractivity contribution in [3.05, 3.63) is 188 Å². The number of benzene rings is 9. The van der Waals surface area contributed by atoms with Gasteiger partial charge in [-0.05, 0) is 144 Å². The lowest BCUT2D eigenvalue weighted by Gasteiger charge is -2.26. The van der Waals surface area contributed by atoms with Gasteiger partial charge in [0.25, 0.3) is 0 Å². The zero-order chi connectivity index (χ0) is 33.5. The van der Waals surface area contributed by atoms with Crippen LogP contribution in [0.2, 0.25) is 0 Å². The molecule has 0 amide bonds. The molecule has 51 heavy (non-hydrogen) atoms. The Kier molecular flexibility index (Phi) is 6.02. The van der Waals surface area contributed by atoms with E-state index < -0.39 is 0 Å². The molecule has 11 rings (SSSR count). The lowest BCUT2D eigenvalue weighted by Crippen LogP contribution is -2.00. The molecule has 0 bridgehead atoms. The van der Waals surface area contributed by atoms with Crippen molar-refractivity contribution in [3.63, 3.8) is 0 Å². The molecule has 1 aliphatic carbocycles. The first kappa shape index (κ1) is 28.2. The van der Waals surface area contributed by atoms with E-state index in [1.165, 1.54) is 105 Å². The number of aromatic nitrogens is 1. The summed E-state index contributed by atoms with van der Waals surface area (Å²) in [6, 6.07) is 69.2. The molecule has 0 unspecified atom stereocenters. The van der Waals surface area contributed by atoms with Crippen LogP contribution in [0, 0.1) is 0 Å². The number of fused-ring (bicyclic) bond motifs is 9. The molecule has 1 nitrogen and oxygen atoms in total. The van der Waals surface area contributed by atoms with Crippen LogP contribution in [0.5, 0.6) is 0 Å². The second-order valence-corrected chi connectivity index (χ2v) is 13.8. The molecule has 1 heteroatoms. The van der Waals surface area contributed by atoms with Crippen LogP contribution >= 0.6 is 0 Å². The first-order chi connectivity index (χ1) is 25.2. The molecule has 0 atom stereocenters. The zero-order valence-electron chi connectivity index (χ0n) is 27.8. The average molecular weight is 646 g/mol. The summed E-state index contributed by atoms with van der Waals surface area (Å²) in [5.74, 6) is 0. The minimum Gasteiger partial charge on any atom is -0.309 e. The highest BCUT2D eigenvalue weighted by Crippen LogP contribution is 2.51. The Morgan fingerprint density at radius 1 is 0.255 bits per heavy atom. The Morgan fingerprint density at radius 2 is 0.647 bits per heavy atom. The van der Waals surface area contributed by atoms with Gasteiger partial charge in [0, 0.05) is 16.5 Å². The van der Waals surface area contributed by atoms with Crippen molar-refractivity contribution in [1.29, 1.82) is 0 Å². The van der Waals surface area contributed by atoms with E-state index in [9.17, 15) is 0 Å². The third-order valence-corrected chi connectivity index (χ3v) is 10.9. The number of hydrogen-bond donors (Lipinski definition) is 0. The van der Waals surface area contributed by atoms with E-state index in [4.69, 9.17) is 0 Å². The Bertz CT molecular complexity index is 2890. The summed E-state index contributed by atoms with van der Waals surface area (Å²) in [4.78, 5) is 0. The van der Waals surface area contributed by atoms with Crippen molar-refractivity contribution in [2.75, 3.05) is 0 Å². The quantitative estimate of drug-likeness (QED) is 0.179. The van der Waals surface area contributed by atoms with Gasteiger partial charge in [0.05, 0.1) is 11.0 Å². The van der Waals surface area contributed by atoms with Crippen molar-refractivity contribution in [2.45, 2.75) is 0 Å². The molecule has 0 spiro atoms. The van der Waals surface area contributed by atoms with Gasteiger partial charge in [-0.15, -0.1) is 0 Å². The van der Waals surface area contributed by atoms with Gasteiger partial charge in [-0.1, -0.05) is 121 Å². The summed E-state index contributed by atoms with van der Waals surface area (Å²) in [6.45, 7) is 0. The van der Waals surface area contributed by atoms with Crippen LogP contribution < -0.4 is 0 Å². The van der Waals surface area contributed by atoms with E-state index >= 15 is 0 Å². The van der Waals surface area contributed by atoms with Crippen molar-refractivity contribution < 1.29 is 0 Å². The van der Waals surface area contributed by atoms with E-state index in [0.29, 0.717) is 0 Å². The van der Waals surface area contributed by atoms with Gasteiger partial charge in [-0.2, -0.15) is 0 Å². The molecule has 1 heterocycles. The van der Waals surface area contributed by atoms with Gasteiger partial charge < -0.3 is 4.57 Å². The molecule has 236 valence electrons. The van der Waals surface area contributed by atoms with Crippen LogP contribution in [0.1, 0.15) is 0 Å². The minimum atomic E-state index is 1.17. The first-order valence-electron chi connectivity index (χ1n) is 17.7. The molecular weight excluding hydrogens is 615 g/mol. The minimum absolute atomic E-state index is 1.17. The van der Waals surface area contributed by atoms with E-state index in [1.807, 2.05) is 0 Å². The highest BCUT2D eigenvalue weighted by atomic mass is 15.0. The van der Waals surface area contributed by atoms with Gasteiger partial charge >= 0.3 is 0 Å². The molecule has 0 saturated carbocycles. The highest BCUT2D eigenvalue weighted by Gasteiger charge is 2.24. The van der Waals surface area contributed by atoms with Crippen LogP contribution in [0.4, 0.5) is 0 Å². The normalized spacial score (nSPS) is 11.9. The highest BCUT2D eigenvalue weighted by molar-refractivity contribution is 6.14. The Labute approximate surface area is 296 Å². The maximum atomic E-state index is 2.44. The standard InChI is InChI=1S/C50H31N/c1-4-10-32(11-5-1)35-16-17-38-26-43-45(30-40(38)24-35)44-27-39-18-21-42(25-41(39)31-46(43)44)51-49-22-19-36(33-12-6-2-7-13-33)28-47(49)48-29-37(20-23-50(48)51)34-14-8-3-9-15-34/h1-31H. The molecule has 0 N–H and O–H groups in total. The molecule has 0 aliphatic heterocycles. The molecular formula is C50H31N. The van der Waals surface area contributed by atoms with E-state index in [0.717, 1.165) is 0 Å². The predicted octanol–water partition coefficient (Wildman–Crippen LogP) is 13.7. The van der Waals surface area contributed by atoms with Crippen molar-refractivity contribution >= 4 is 43.4 Å². The monoisotopic (exact) mass is 645 g/mol. The SMILES string of the molecule is c1ccc(-c2ccc3cc4c(cc3c2)-c2cc3ccc(-n5c6ccc(-c7ccccc7)cc6c6cc(-c7ccccc7)ccc65)cc3cc2-4)cc1. The van der Waals surface area contributed by atoms with Gasteiger partial charge in [0.15, 0.2) is 0 Å². The number of hydrogen-bond acceptors (Lipinski definition) is 0. The number of nitrogens with zero attached hydrogens (tertiary/aromatic N) is 1. The maximum absolute atomic E-state index is 2.44. The molecule has 10 aromatic rings. The molecule has 0 radical (unpaired) electrons. The number of rotatable bonds is 4. The first-order valence-corrected chi connectivity index (χ1v) is 17.7. The molecule has 1 aromatic heterocycles. The predicted molar refractivity (Wildman–Crippen MR) is 217 cm³/mol. The van der Waals surface area contributed by atoms with Crippen molar-refractivity contribution in [1.82, 2.24) is 4.57 Å². The summed E-state index contributed by atoms with van der Waals surface area (Å²) >= 11 is 0. The van der Waals surface area contributed by atoms with E-state index in [2.05, 4.69) is 193 Å². The van der Waals surface area contributed by atoms with E-state index in [-0.39, 0.29) is 0 Å². The lowest BCUT2D eigenvalue weighted by atomic mass is 9.77. The van der Waals surface area contributed by atoms with Crippen LogP contribution in [0.15, 0.2) is 188 Å². The molecule has 1 aliphatic rings. The van der Waals surface area contributed by atoms with Crippen LogP contribution in [-0.2, 0) is 0 Å². The summed E-state index contributed by atoms with van der Waals surface area (Å²) < 4.78 is 2.44. The van der Waals surface area contributed by atoms with Crippen LogP contribution in [0.3, 0.4) is 0 Å². The van der Waals surface area contributed by atoms with Crippen molar-refractivity contribution in [2.24, 2.45) is 0 Å². The van der Waals surface area contributed by atoms with Crippen molar-refractivity contribution in [3.8, 4) is 61.3 Å². The smallest absolute Gasteiger partial charge is 0.0541 e. The third-order valence-electron chi connectivity index (χ3n) is 10.9. The molecule has 0 fully saturated rings. The zero-order valence-corrected chi connectivity index (χ0v) is 27.8. The maximum Gasteiger partial charge on any atom is 0.0541 e. The summed E-state index contributed by atoms with van der Waals surface area (Å²) in [5, 5.41) is 7.61. The molecule has 9 aromatic carbocycles. The Hall–Kier alpha value is -6.70. The van der Waals surface area contributed by atoms with Gasteiger partial charge in [-0.3, -0.25) is 0 Å². The summed E-state index contributed by atoms with van der Waals surface area (Å²) in [5.41, 5.74) is 16.4. The summed E-state index contributed by atoms with van der Waals surface area (Å²) in [6.07, 6.45) is 0. The van der Waals surface area contributed by atoms with Gasteiger partial charge in [0.2, 0.25) is 0 Å². The van der Waals surface area contributed by atoms with Crippen LogP contribution in [0.25, 0.3) is 105 Å². The van der Waals surface area contributed by atoms with Crippen LogP contribution in [-0.4, -0.2) is 4.57 Å². The van der Waals surface area contributed by atoms with E-state index in [1.54, 1.807) is 0 Å². The second-order valence-electron chi connectivity index (χ2n) is 13.8. The third kappa shape index (κ3) is 4.42. The van der Waals surface area contributed by atoms with Gasteiger partial charge in [-0.25, -0.2) is 0 Å². The fourth-order valence-electron chi connectivity index (χ4n) is 8.28. The fourth-order valence-corrected chi connectivity index (χ4v) is 8.28. The summed E-state index contributed by atoms with van der Waals surface area (Å²) in [7, 11) is 0. The largest absolute Gasteiger partial charge is 0.309 e. The average Bonchev–Trinajstić information content (AvgIpc) is 3.53. The second kappa shape index (κ2) is 10.9. The van der Waals surface area contributed by atoms with Gasteiger partial charge in [0.1, 0.15) is 0 Å². The topological polar surface area (TPSA) is 4.93 Å². The fraction of sp³-hybridized carbons (Fsp3) is 0. The molecule has 0 saturated heterocycles. The lowest BCUT2D eigenvalue weighted by molar-refractivity contribution is 1.19. The Morgan fingerprint density at radius 3 is 1.14 bits per heavy atom.